The quantitative estimate of drug-likeness (QED) is 0.744. The van der Waals surface area contributed by atoms with Gasteiger partial charge in [0, 0.05) is 18.5 Å². The molecule has 1 aliphatic rings. The summed E-state index contributed by atoms with van der Waals surface area (Å²) in [6.07, 6.45) is 2.10. The predicted octanol–water partition coefficient (Wildman–Crippen LogP) is 2.97. The van der Waals surface area contributed by atoms with Crippen LogP contribution in [0.3, 0.4) is 0 Å². The maximum Gasteiger partial charge on any atom is 0.228 e. The van der Waals surface area contributed by atoms with E-state index in [0.29, 0.717) is 19.6 Å². The minimum absolute atomic E-state index is 0.130. The van der Waals surface area contributed by atoms with Crippen molar-refractivity contribution in [3.05, 3.63) is 65.9 Å². The number of hydrogen-bond donors (Lipinski definition) is 1. The standard InChI is InChI=1S/C21H23N3O2/c25-21(14-20-18-8-4-5-9-19(18)22-23-20)24(17-11-13-26-15-17)12-10-16-6-2-1-3-7-16/h1-9,17H,10-15H2,(H,22,23)/t17-/m0/s1. The van der Waals surface area contributed by atoms with Gasteiger partial charge in [0.15, 0.2) is 0 Å². The fraction of sp³-hybridized carbons (Fsp3) is 0.333. The Labute approximate surface area is 153 Å². The van der Waals surface area contributed by atoms with Gasteiger partial charge in [-0.2, -0.15) is 5.10 Å². The van der Waals surface area contributed by atoms with E-state index < -0.39 is 0 Å². The summed E-state index contributed by atoms with van der Waals surface area (Å²) in [5.74, 6) is 0.130. The molecular weight excluding hydrogens is 326 g/mol. The van der Waals surface area contributed by atoms with E-state index in [1.54, 1.807) is 0 Å². The summed E-state index contributed by atoms with van der Waals surface area (Å²) >= 11 is 0. The van der Waals surface area contributed by atoms with E-state index in [4.69, 9.17) is 4.74 Å². The number of rotatable bonds is 6. The van der Waals surface area contributed by atoms with Crippen LogP contribution < -0.4 is 0 Å². The van der Waals surface area contributed by atoms with E-state index in [1.807, 2.05) is 47.4 Å². The zero-order valence-corrected chi connectivity index (χ0v) is 14.7. The average Bonchev–Trinajstić information content (AvgIpc) is 3.34. The number of fused-ring (bicyclic) bond motifs is 1. The minimum Gasteiger partial charge on any atom is -0.379 e. The summed E-state index contributed by atoms with van der Waals surface area (Å²) < 4.78 is 5.53. The lowest BCUT2D eigenvalue weighted by molar-refractivity contribution is -0.132. The van der Waals surface area contributed by atoms with Crippen LogP contribution in [0.4, 0.5) is 0 Å². The predicted molar refractivity (Wildman–Crippen MR) is 101 cm³/mol. The van der Waals surface area contributed by atoms with Crippen LogP contribution in [0.2, 0.25) is 0 Å². The number of nitrogens with one attached hydrogen (secondary N) is 1. The Hall–Kier alpha value is -2.66. The molecule has 0 radical (unpaired) electrons. The molecule has 5 nitrogen and oxygen atoms in total. The number of carbonyl (C=O) groups excluding carboxylic acids is 1. The number of para-hydroxylation sites is 1. The molecular formula is C21H23N3O2. The highest BCUT2D eigenvalue weighted by molar-refractivity contribution is 5.87. The Balaban J connectivity index is 1.50. The van der Waals surface area contributed by atoms with Gasteiger partial charge < -0.3 is 9.64 Å². The Morgan fingerprint density at radius 3 is 2.77 bits per heavy atom. The van der Waals surface area contributed by atoms with Crippen molar-refractivity contribution in [1.82, 2.24) is 15.1 Å². The first-order valence-electron chi connectivity index (χ1n) is 9.14. The molecule has 1 aromatic heterocycles. The summed E-state index contributed by atoms with van der Waals surface area (Å²) in [6, 6.07) is 18.4. The van der Waals surface area contributed by atoms with Gasteiger partial charge in [-0.1, -0.05) is 48.5 Å². The maximum absolute atomic E-state index is 13.1. The topological polar surface area (TPSA) is 58.2 Å². The van der Waals surface area contributed by atoms with Crippen LogP contribution in [0, 0.1) is 0 Å². The monoisotopic (exact) mass is 349 g/mol. The van der Waals surface area contributed by atoms with Gasteiger partial charge in [-0.3, -0.25) is 9.89 Å². The highest BCUT2D eigenvalue weighted by Crippen LogP contribution is 2.19. The van der Waals surface area contributed by atoms with Gasteiger partial charge >= 0.3 is 0 Å². The fourth-order valence-electron chi connectivity index (χ4n) is 3.57. The highest BCUT2D eigenvalue weighted by Gasteiger charge is 2.27. The average molecular weight is 349 g/mol. The van der Waals surface area contributed by atoms with Gasteiger partial charge in [0.25, 0.3) is 0 Å². The molecule has 2 heterocycles. The molecule has 0 bridgehead atoms. The van der Waals surface area contributed by atoms with Gasteiger partial charge in [-0.15, -0.1) is 0 Å². The third-order valence-electron chi connectivity index (χ3n) is 5.02. The molecule has 1 saturated heterocycles. The van der Waals surface area contributed by atoms with Gasteiger partial charge in [0.2, 0.25) is 5.91 Å². The first-order valence-corrected chi connectivity index (χ1v) is 9.14. The zero-order valence-electron chi connectivity index (χ0n) is 14.7. The number of nitrogens with zero attached hydrogens (tertiary/aromatic N) is 2. The summed E-state index contributed by atoms with van der Waals surface area (Å²) in [5, 5.41) is 8.36. The molecule has 0 aliphatic carbocycles. The summed E-state index contributed by atoms with van der Waals surface area (Å²) in [6.45, 7) is 2.07. The summed E-state index contributed by atoms with van der Waals surface area (Å²) in [4.78, 5) is 15.1. The Kier molecular flexibility index (Phi) is 4.97. The molecule has 4 rings (SSSR count). The minimum atomic E-state index is 0.130. The fourth-order valence-corrected chi connectivity index (χ4v) is 3.57. The number of carbonyl (C=O) groups is 1. The van der Waals surface area contributed by atoms with Gasteiger partial charge in [-0.05, 0) is 24.5 Å². The van der Waals surface area contributed by atoms with E-state index in [2.05, 4.69) is 22.3 Å². The Bertz CT molecular complexity index is 869. The second kappa shape index (κ2) is 7.70. The first-order chi connectivity index (χ1) is 12.8. The molecule has 1 amide bonds. The van der Waals surface area contributed by atoms with Crippen molar-refractivity contribution < 1.29 is 9.53 Å². The van der Waals surface area contributed by atoms with Crippen LogP contribution in [0.15, 0.2) is 54.6 Å². The molecule has 3 aromatic rings. The molecule has 5 heteroatoms. The largest absolute Gasteiger partial charge is 0.379 e. The van der Waals surface area contributed by atoms with Crippen molar-refractivity contribution in [3.63, 3.8) is 0 Å². The normalized spacial score (nSPS) is 16.8. The van der Waals surface area contributed by atoms with Crippen LogP contribution in [-0.4, -0.2) is 46.8 Å². The molecule has 134 valence electrons. The second-order valence-electron chi connectivity index (χ2n) is 6.74. The van der Waals surface area contributed by atoms with E-state index in [0.717, 1.165) is 36.0 Å². The molecule has 0 spiro atoms. The van der Waals surface area contributed by atoms with Gasteiger partial charge in [0.1, 0.15) is 0 Å². The van der Waals surface area contributed by atoms with Crippen molar-refractivity contribution in [2.75, 3.05) is 19.8 Å². The van der Waals surface area contributed by atoms with Crippen molar-refractivity contribution in [3.8, 4) is 0 Å². The molecule has 1 fully saturated rings. The molecule has 26 heavy (non-hydrogen) atoms. The number of hydrogen-bond acceptors (Lipinski definition) is 3. The number of aromatic nitrogens is 2. The van der Waals surface area contributed by atoms with Gasteiger partial charge in [-0.25, -0.2) is 0 Å². The van der Waals surface area contributed by atoms with Gasteiger partial charge in [0.05, 0.1) is 30.3 Å². The van der Waals surface area contributed by atoms with E-state index in [-0.39, 0.29) is 11.9 Å². The van der Waals surface area contributed by atoms with Crippen molar-refractivity contribution in [2.24, 2.45) is 0 Å². The third kappa shape index (κ3) is 3.63. The zero-order chi connectivity index (χ0) is 17.8. The van der Waals surface area contributed by atoms with E-state index in [9.17, 15) is 4.79 Å². The third-order valence-corrected chi connectivity index (χ3v) is 5.02. The Morgan fingerprint density at radius 1 is 1.15 bits per heavy atom. The molecule has 0 unspecified atom stereocenters. The number of benzene rings is 2. The highest BCUT2D eigenvalue weighted by atomic mass is 16.5. The lowest BCUT2D eigenvalue weighted by atomic mass is 10.1. The van der Waals surface area contributed by atoms with Crippen molar-refractivity contribution in [1.29, 1.82) is 0 Å². The van der Waals surface area contributed by atoms with Crippen LogP contribution in [0.25, 0.3) is 10.9 Å². The maximum atomic E-state index is 13.1. The molecule has 0 saturated carbocycles. The second-order valence-corrected chi connectivity index (χ2v) is 6.74. The number of aromatic amines is 1. The smallest absolute Gasteiger partial charge is 0.228 e. The summed E-state index contributed by atoms with van der Waals surface area (Å²) in [7, 11) is 0. The number of amides is 1. The summed E-state index contributed by atoms with van der Waals surface area (Å²) in [5.41, 5.74) is 3.03. The van der Waals surface area contributed by atoms with Crippen LogP contribution in [0.1, 0.15) is 17.7 Å². The van der Waals surface area contributed by atoms with Crippen molar-refractivity contribution >= 4 is 16.8 Å². The first kappa shape index (κ1) is 16.8. The Morgan fingerprint density at radius 2 is 1.96 bits per heavy atom. The lowest BCUT2D eigenvalue weighted by Crippen LogP contribution is -2.43. The molecule has 1 atom stereocenters. The van der Waals surface area contributed by atoms with Crippen LogP contribution in [0.5, 0.6) is 0 Å². The SMILES string of the molecule is O=C(Cc1[nH]nc2ccccc12)N(CCc1ccccc1)[C@H]1CCOC1. The molecule has 1 aliphatic heterocycles. The number of ether oxygens (including phenoxy) is 1. The van der Waals surface area contributed by atoms with E-state index >= 15 is 0 Å². The van der Waals surface area contributed by atoms with Crippen LogP contribution in [-0.2, 0) is 22.4 Å². The van der Waals surface area contributed by atoms with Crippen molar-refractivity contribution in [2.45, 2.75) is 25.3 Å². The number of H-pyrrole nitrogens is 1. The lowest BCUT2D eigenvalue weighted by Gasteiger charge is -2.28. The molecule has 1 N–H and O–H groups in total. The van der Waals surface area contributed by atoms with E-state index in [1.165, 1.54) is 5.56 Å². The van der Waals surface area contributed by atoms with Crippen LogP contribution >= 0.6 is 0 Å². The molecule has 2 aromatic carbocycles.